The predicted octanol–water partition coefficient (Wildman–Crippen LogP) is 1.18. The number of phenols is 1. The van der Waals surface area contributed by atoms with Crippen LogP contribution in [0.25, 0.3) is 0 Å². The Labute approximate surface area is 102 Å². The highest BCUT2D eigenvalue weighted by atomic mass is 16.3. The molecule has 0 radical (unpaired) electrons. The minimum Gasteiger partial charge on any atom is -0.508 e. The number of rotatable bonds is 6. The van der Waals surface area contributed by atoms with Gasteiger partial charge in [-0.1, -0.05) is 19.1 Å². The smallest absolute Gasteiger partial charge is 0.115 e. The molecule has 0 aromatic heterocycles. The average Bonchev–Trinajstić information content (AvgIpc) is 2.37. The molecule has 0 aliphatic carbocycles. The normalized spacial score (nSPS) is 13.6. The van der Waals surface area contributed by atoms with Crippen LogP contribution in [0.4, 0.5) is 0 Å². The van der Waals surface area contributed by atoms with Gasteiger partial charge in [-0.2, -0.15) is 0 Å². The van der Waals surface area contributed by atoms with Crippen LogP contribution in [0.5, 0.6) is 5.75 Å². The number of hydrogen-bond acceptors (Lipinski definition) is 4. The fourth-order valence-electron chi connectivity index (χ4n) is 1.77. The Morgan fingerprint density at radius 3 is 2.12 bits per heavy atom. The summed E-state index contributed by atoms with van der Waals surface area (Å²) in [6.45, 7) is 3.66. The monoisotopic (exact) mass is 239 g/mol. The van der Waals surface area contributed by atoms with Gasteiger partial charge in [0.15, 0.2) is 0 Å². The van der Waals surface area contributed by atoms with Crippen molar-refractivity contribution in [3.63, 3.8) is 0 Å². The van der Waals surface area contributed by atoms with Gasteiger partial charge in [0.1, 0.15) is 5.75 Å². The molecule has 0 aliphatic rings. The second-order valence-electron chi connectivity index (χ2n) is 4.41. The van der Waals surface area contributed by atoms with E-state index in [-0.39, 0.29) is 25.0 Å². The summed E-state index contributed by atoms with van der Waals surface area (Å²) in [5.74, 6) is 0.229. The van der Waals surface area contributed by atoms with Gasteiger partial charge in [-0.25, -0.2) is 0 Å². The summed E-state index contributed by atoms with van der Waals surface area (Å²) in [4.78, 5) is 0. The molecule has 17 heavy (non-hydrogen) atoms. The maximum atomic E-state index is 9.35. The number of nitrogens with one attached hydrogen (secondary N) is 1. The van der Waals surface area contributed by atoms with Crippen LogP contribution >= 0.6 is 0 Å². The van der Waals surface area contributed by atoms with Gasteiger partial charge in [0.25, 0.3) is 0 Å². The zero-order valence-electron chi connectivity index (χ0n) is 10.3. The van der Waals surface area contributed by atoms with Crippen molar-refractivity contribution in [2.24, 2.45) is 0 Å². The summed E-state index contributed by atoms with van der Waals surface area (Å²) in [6.07, 6.45) is 0.641. The molecule has 1 unspecified atom stereocenters. The number of benzene rings is 1. The van der Waals surface area contributed by atoms with Crippen molar-refractivity contribution in [1.29, 1.82) is 0 Å². The van der Waals surface area contributed by atoms with Gasteiger partial charge in [0.05, 0.1) is 18.8 Å². The summed E-state index contributed by atoms with van der Waals surface area (Å²) in [5, 5.41) is 31.2. The molecule has 0 bridgehead atoms. The van der Waals surface area contributed by atoms with Crippen LogP contribution < -0.4 is 5.32 Å². The van der Waals surface area contributed by atoms with Crippen molar-refractivity contribution < 1.29 is 15.3 Å². The summed E-state index contributed by atoms with van der Waals surface area (Å²) < 4.78 is 0. The molecule has 0 spiro atoms. The van der Waals surface area contributed by atoms with Crippen LogP contribution in [-0.4, -0.2) is 34.1 Å². The molecule has 0 heterocycles. The lowest BCUT2D eigenvalue weighted by Gasteiger charge is -2.33. The summed E-state index contributed by atoms with van der Waals surface area (Å²) in [5.41, 5.74) is 0.347. The second kappa shape index (κ2) is 6.00. The molecule has 1 aromatic carbocycles. The quantitative estimate of drug-likeness (QED) is 0.601. The van der Waals surface area contributed by atoms with Crippen molar-refractivity contribution >= 4 is 0 Å². The fourth-order valence-corrected chi connectivity index (χ4v) is 1.77. The molecule has 1 aromatic rings. The van der Waals surface area contributed by atoms with E-state index in [2.05, 4.69) is 5.32 Å². The molecule has 0 fully saturated rings. The van der Waals surface area contributed by atoms with Crippen LogP contribution in [0, 0.1) is 0 Å². The standard InChI is InChI=1S/C13H21NO3/c1-3-13(8-15,9-16)14-10(2)11-4-6-12(17)7-5-11/h4-7,10,14-17H,3,8-9H2,1-2H3. The molecular weight excluding hydrogens is 218 g/mol. The summed E-state index contributed by atoms with van der Waals surface area (Å²) >= 11 is 0. The molecule has 0 saturated heterocycles. The number of aliphatic hydroxyl groups is 2. The Hall–Kier alpha value is -1.10. The number of phenolic OH excluding ortho intramolecular Hbond substituents is 1. The van der Waals surface area contributed by atoms with Crippen LogP contribution in [0.2, 0.25) is 0 Å². The number of aliphatic hydroxyl groups excluding tert-OH is 2. The van der Waals surface area contributed by atoms with E-state index in [1.54, 1.807) is 12.1 Å². The zero-order valence-corrected chi connectivity index (χ0v) is 10.3. The third-order valence-corrected chi connectivity index (χ3v) is 3.20. The Morgan fingerprint density at radius 1 is 1.18 bits per heavy atom. The Bertz CT molecular complexity index is 325. The van der Waals surface area contributed by atoms with E-state index in [4.69, 9.17) is 0 Å². The maximum absolute atomic E-state index is 9.35. The first-order valence-electron chi connectivity index (χ1n) is 5.85. The van der Waals surface area contributed by atoms with Gasteiger partial charge >= 0.3 is 0 Å². The van der Waals surface area contributed by atoms with E-state index in [1.807, 2.05) is 26.0 Å². The summed E-state index contributed by atoms with van der Waals surface area (Å²) in [6, 6.07) is 6.89. The molecule has 4 N–H and O–H groups in total. The van der Waals surface area contributed by atoms with E-state index < -0.39 is 5.54 Å². The van der Waals surface area contributed by atoms with Crippen molar-refractivity contribution in [1.82, 2.24) is 5.32 Å². The minimum atomic E-state index is -0.655. The Morgan fingerprint density at radius 2 is 1.71 bits per heavy atom. The third kappa shape index (κ3) is 3.43. The lowest BCUT2D eigenvalue weighted by atomic mass is 9.95. The van der Waals surface area contributed by atoms with E-state index in [0.717, 1.165) is 5.56 Å². The van der Waals surface area contributed by atoms with Gasteiger partial charge in [-0.3, -0.25) is 0 Å². The predicted molar refractivity (Wildman–Crippen MR) is 66.9 cm³/mol. The lowest BCUT2D eigenvalue weighted by molar-refractivity contribution is 0.0793. The number of aromatic hydroxyl groups is 1. The van der Waals surface area contributed by atoms with Crippen LogP contribution in [-0.2, 0) is 0 Å². The SMILES string of the molecule is CCC(CO)(CO)NC(C)c1ccc(O)cc1. The van der Waals surface area contributed by atoms with Crippen LogP contribution in [0.15, 0.2) is 24.3 Å². The second-order valence-corrected chi connectivity index (χ2v) is 4.41. The van der Waals surface area contributed by atoms with Gasteiger partial charge in [-0.05, 0) is 31.0 Å². The average molecular weight is 239 g/mol. The molecule has 4 nitrogen and oxygen atoms in total. The zero-order chi connectivity index (χ0) is 12.9. The van der Waals surface area contributed by atoms with Crippen molar-refractivity contribution in [2.45, 2.75) is 31.8 Å². The van der Waals surface area contributed by atoms with Crippen LogP contribution in [0.1, 0.15) is 31.9 Å². The highest BCUT2D eigenvalue weighted by molar-refractivity contribution is 5.27. The Kier molecular flexibility index (Phi) is 4.93. The van der Waals surface area contributed by atoms with Crippen molar-refractivity contribution in [2.75, 3.05) is 13.2 Å². The van der Waals surface area contributed by atoms with Crippen molar-refractivity contribution in [3.05, 3.63) is 29.8 Å². The van der Waals surface area contributed by atoms with Gasteiger partial charge in [0, 0.05) is 6.04 Å². The summed E-state index contributed by atoms with van der Waals surface area (Å²) in [7, 11) is 0. The molecule has 1 atom stereocenters. The molecular formula is C13H21NO3. The first-order chi connectivity index (χ1) is 8.06. The van der Waals surface area contributed by atoms with Crippen LogP contribution in [0.3, 0.4) is 0 Å². The molecule has 96 valence electrons. The van der Waals surface area contributed by atoms with E-state index >= 15 is 0 Å². The minimum absolute atomic E-state index is 0.00477. The molecule has 4 heteroatoms. The number of hydrogen-bond donors (Lipinski definition) is 4. The topological polar surface area (TPSA) is 72.7 Å². The third-order valence-electron chi connectivity index (χ3n) is 3.20. The molecule has 0 amide bonds. The van der Waals surface area contributed by atoms with E-state index in [9.17, 15) is 15.3 Å². The highest BCUT2D eigenvalue weighted by Crippen LogP contribution is 2.20. The van der Waals surface area contributed by atoms with Gasteiger partial charge in [0.2, 0.25) is 0 Å². The first kappa shape index (κ1) is 14.0. The van der Waals surface area contributed by atoms with E-state index in [0.29, 0.717) is 6.42 Å². The van der Waals surface area contributed by atoms with Crippen molar-refractivity contribution in [3.8, 4) is 5.75 Å². The fraction of sp³-hybridized carbons (Fsp3) is 0.538. The largest absolute Gasteiger partial charge is 0.508 e. The molecule has 0 aliphatic heterocycles. The highest BCUT2D eigenvalue weighted by Gasteiger charge is 2.28. The Balaban J connectivity index is 2.76. The molecule has 0 saturated carbocycles. The maximum Gasteiger partial charge on any atom is 0.115 e. The lowest BCUT2D eigenvalue weighted by Crippen LogP contribution is -2.52. The van der Waals surface area contributed by atoms with Gasteiger partial charge < -0.3 is 20.6 Å². The van der Waals surface area contributed by atoms with Gasteiger partial charge in [-0.15, -0.1) is 0 Å². The first-order valence-corrected chi connectivity index (χ1v) is 5.85. The molecule has 1 rings (SSSR count). The van der Waals surface area contributed by atoms with E-state index in [1.165, 1.54) is 0 Å².